The Morgan fingerprint density at radius 1 is 1.29 bits per heavy atom. The van der Waals surface area contributed by atoms with Gasteiger partial charge in [0, 0.05) is 5.92 Å². The van der Waals surface area contributed by atoms with Crippen molar-refractivity contribution in [2.75, 3.05) is 6.54 Å². The van der Waals surface area contributed by atoms with E-state index in [4.69, 9.17) is 5.73 Å². The first-order valence-electron chi connectivity index (χ1n) is 7.33. The molecule has 1 heterocycles. The molecule has 0 radical (unpaired) electrons. The molecule has 6 heteroatoms. The number of nitrogens with two attached hydrogens (primary N) is 1. The molecule has 21 heavy (non-hydrogen) atoms. The summed E-state index contributed by atoms with van der Waals surface area (Å²) in [5.74, 6) is 0.929. The molecule has 1 saturated carbocycles. The van der Waals surface area contributed by atoms with Crippen LogP contribution in [0.25, 0.3) is 5.69 Å². The summed E-state index contributed by atoms with van der Waals surface area (Å²) in [5.41, 5.74) is 5.57. The van der Waals surface area contributed by atoms with Crippen LogP contribution in [0.4, 0.5) is 4.39 Å². The lowest BCUT2D eigenvalue weighted by molar-refractivity contribution is 0.323. The minimum atomic E-state index is -0.419. The maximum Gasteiger partial charge on any atom is 0.348 e. The largest absolute Gasteiger partial charge is 0.348 e. The summed E-state index contributed by atoms with van der Waals surface area (Å²) in [6, 6.07) is 6.27. The Labute approximate surface area is 122 Å². The van der Waals surface area contributed by atoms with E-state index in [0.29, 0.717) is 18.3 Å². The number of nitrogens with zero attached hydrogens (tertiary/aromatic N) is 2. The van der Waals surface area contributed by atoms with Crippen LogP contribution in [0.15, 0.2) is 29.1 Å². The number of hydrogen-bond acceptors (Lipinski definition) is 3. The molecule has 0 aliphatic heterocycles. The second-order valence-corrected chi connectivity index (χ2v) is 5.63. The zero-order valence-corrected chi connectivity index (χ0v) is 11.8. The van der Waals surface area contributed by atoms with Crippen LogP contribution in [-0.4, -0.2) is 21.3 Å². The van der Waals surface area contributed by atoms with Crippen LogP contribution in [0.1, 0.15) is 37.4 Å². The van der Waals surface area contributed by atoms with Crippen molar-refractivity contribution in [3.63, 3.8) is 0 Å². The molecule has 112 valence electrons. The highest BCUT2D eigenvalue weighted by Crippen LogP contribution is 2.34. The molecular weight excluding hydrogens is 271 g/mol. The zero-order chi connectivity index (χ0) is 14.8. The molecule has 1 aromatic heterocycles. The Balaban J connectivity index is 1.95. The van der Waals surface area contributed by atoms with Crippen molar-refractivity contribution in [3.8, 4) is 5.69 Å². The second-order valence-electron chi connectivity index (χ2n) is 5.63. The highest BCUT2D eigenvalue weighted by molar-refractivity contribution is 5.34. The Kier molecular flexibility index (Phi) is 3.88. The van der Waals surface area contributed by atoms with Gasteiger partial charge in [0.05, 0.1) is 5.69 Å². The summed E-state index contributed by atoms with van der Waals surface area (Å²) >= 11 is 0. The molecule has 1 aromatic carbocycles. The van der Waals surface area contributed by atoms with E-state index in [1.54, 1.807) is 18.2 Å². The number of halogens is 1. The van der Waals surface area contributed by atoms with Crippen LogP contribution in [0, 0.1) is 11.7 Å². The molecule has 0 atom stereocenters. The third-order valence-corrected chi connectivity index (χ3v) is 4.34. The number of benzene rings is 1. The van der Waals surface area contributed by atoms with Crippen molar-refractivity contribution in [1.29, 1.82) is 0 Å². The van der Waals surface area contributed by atoms with Crippen molar-refractivity contribution in [2.45, 2.75) is 31.6 Å². The van der Waals surface area contributed by atoms with Crippen LogP contribution < -0.4 is 11.4 Å². The van der Waals surface area contributed by atoms with Gasteiger partial charge in [-0.15, -0.1) is 0 Å². The van der Waals surface area contributed by atoms with Crippen molar-refractivity contribution in [1.82, 2.24) is 14.8 Å². The number of H-pyrrole nitrogens is 1. The number of hydrogen-bond donors (Lipinski definition) is 2. The van der Waals surface area contributed by atoms with E-state index in [1.807, 2.05) is 0 Å². The number of aromatic amines is 1. The van der Waals surface area contributed by atoms with E-state index < -0.39 is 11.5 Å². The van der Waals surface area contributed by atoms with Crippen LogP contribution in [0.2, 0.25) is 0 Å². The van der Waals surface area contributed by atoms with Crippen molar-refractivity contribution in [3.05, 3.63) is 46.4 Å². The average Bonchev–Trinajstić information content (AvgIpc) is 2.89. The standard InChI is InChI=1S/C15H19FN4O/c16-12-3-1-2-4-13(12)20-14(18-19-15(20)21)11-7-5-10(9-17)6-8-11/h1-4,10-11H,5-9,17H2,(H,19,21). The Hall–Kier alpha value is -1.95. The molecule has 3 N–H and O–H groups in total. The first kappa shape index (κ1) is 14.0. The summed E-state index contributed by atoms with van der Waals surface area (Å²) in [4.78, 5) is 12.0. The molecule has 0 amide bonds. The highest BCUT2D eigenvalue weighted by Gasteiger charge is 2.27. The van der Waals surface area contributed by atoms with Gasteiger partial charge in [0.1, 0.15) is 11.6 Å². The highest BCUT2D eigenvalue weighted by atomic mass is 19.1. The predicted molar refractivity (Wildman–Crippen MR) is 77.9 cm³/mol. The van der Waals surface area contributed by atoms with E-state index >= 15 is 0 Å². The molecular formula is C15H19FN4O. The fourth-order valence-corrected chi connectivity index (χ4v) is 3.11. The molecule has 0 bridgehead atoms. The third-order valence-electron chi connectivity index (χ3n) is 4.34. The summed E-state index contributed by atoms with van der Waals surface area (Å²) < 4.78 is 15.3. The maximum absolute atomic E-state index is 14.0. The van der Waals surface area contributed by atoms with E-state index in [1.165, 1.54) is 10.6 Å². The van der Waals surface area contributed by atoms with E-state index in [9.17, 15) is 9.18 Å². The van der Waals surface area contributed by atoms with Gasteiger partial charge in [0.15, 0.2) is 0 Å². The Morgan fingerprint density at radius 3 is 2.67 bits per heavy atom. The number of aromatic nitrogens is 3. The number of nitrogens with one attached hydrogen (secondary N) is 1. The third kappa shape index (κ3) is 2.63. The lowest BCUT2D eigenvalue weighted by Crippen LogP contribution is -2.24. The van der Waals surface area contributed by atoms with E-state index in [2.05, 4.69) is 10.2 Å². The maximum atomic E-state index is 14.0. The fourth-order valence-electron chi connectivity index (χ4n) is 3.11. The van der Waals surface area contributed by atoms with Crippen LogP contribution in [0.3, 0.4) is 0 Å². The molecule has 3 rings (SSSR count). The minimum absolute atomic E-state index is 0.173. The minimum Gasteiger partial charge on any atom is -0.330 e. The number of rotatable bonds is 3. The average molecular weight is 290 g/mol. The van der Waals surface area contributed by atoms with Crippen molar-refractivity contribution < 1.29 is 4.39 Å². The monoisotopic (exact) mass is 290 g/mol. The summed E-state index contributed by atoms with van der Waals surface area (Å²) in [6.07, 6.45) is 3.92. The lowest BCUT2D eigenvalue weighted by atomic mass is 9.81. The normalized spacial score (nSPS) is 22.4. The summed E-state index contributed by atoms with van der Waals surface area (Å²) in [5, 5.41) is 6.59. The van der Waals surface area contributed by atoms with Crippen molar-refractivity contribution in [2.24, 2.45) is 11.7 Å². The quantitative estimate of drug-likeness (QED) is 0.907. The van der Waals surface area contributed by atoms with Crippen LogP contribution in [-0.2, 0) is 0 Å². The van der Waals surface area contributed by atoms with Crippen LogP contribution >= 0.6 is 0 Å². The molecule has 2 aromatic rings. The Morgan fingerprint density at radius 2 is 2.00 bits per heavy atom. The number of para-hydroxylation sites is 1. The van der Waals surface area contributed by atoms with Gasteiger partial charge < -0.3 is 5.73 Å². The van der Waals surface area contributed by atoms with Gasteiger partial charge >= 0.3 is 5.69 Å². The first-order valence-corrected chi connectivity index (χ1v) is 7.33. The molecule has 0 spiro atoms. The molecule has 0 saturated heterocycles. The van der Waals surface area contributed by atoms with Gasteiger partial charge in [0.2, 0.25) is 0 Å². The van der Waals surface area contributed by atoms with Gasteiger partial charge in [0.25, 0.3) is 0 Å². The van der Waals surface area contributed by atoms with E-state index in [-0.39, 0.29) is 11.6 Å². The zero-order valence-electron chi connectivity index (χ0n) is 11.8. The van der Waals surface area contributed by atoms with Crippen molar-refractivity contribution >= 4 is 0 Å². The molecule has 1 aliphatic rings. The Bertz CT molecular complexity index is 670. The van der Waals surface area contributed by atoms with Gasteiger partial charge in [-0.05, 0) is 50.3 Å². The first-order chi connectivity index (χ1) is 10.2. The fraction of sp³-hybridized carbons (Fsp3) is 0.467. The predicted octanol–water partition coefficient (Wildman–Crippen LogP) is 1.93. The summed E-state index contributed by atoms with van der Waals surface area (Å²) in [7, 11) is 0. The van der Waals surface area contributed by atoms with Gasteiger partial charge in [-0.25, -0.2) is 18.9 Å². The molecule has 5 nitrogen and oxygen atoms in total. The van der Waals surface area contributed by atoms with Gasteiger partial charge in [-0.3, -0.25) is 0 Å². The topological polar surface area (TPSA) is 76.7 Å². The van der Waals surface area contributed by atoms with E-state index in [0.717, 1.165) is 25.7 Å². The molecule has 0 unspecified atom stereocenters. The summed E-state index contributed by atoms with van der Waals surface area (Å²) in [6.45, 7) is 0.702. The smallest absolute Gasteiger partial charge is 0.330 e. The SMILES string of the molecule is NCC1CCC(c2n[nH]c(=O)n2-c2ccccc2F)CC1. The lowest BCUT2D eigenvalue weighted by Gasteiger charge is -2.27. The van der Waals surface area contributed by atoms with Gasteiger partial charge in [-0.1, -0.05) is 12.1 Å². The molecule has 1 aliphatic carbocycles. The second kappa shape index (κ2) is 5.81. The molecule has 1 fully saturated rings. The van der Waals surface area contributed by atoms with Crippen LogP contribution in [0.5, 0.6) is 0 Å². The van der Waals surface area contributed by atoms with Gasteiger partial charge in [-0.2, -0.15) is 5.10 Å².